The Bertz CT molecular complexity index is 629. The van der Waals surface area contributed by atoms with Gasteiger partial charge < -0.3 is 14.9 Å². The molecule has 6 nitrogen and oxygen atoms in total. The van der Waals surface area contributed by atoms with Crippen LogP contribution >= 0.6 is 0 Å². The standard InChI is InChI=1S/C17H20N2O4/c1-3-22-17(21)13-9-12-10(2)19-23-15(12)14(13)18-16(20)11-7-5-4-6-8-11/h4-8,12-15H,3,9H2,1-2H3,(H,18,20)/t12-,13-,14+,15+/m0/s1. The smallest absolute Gasteiger partial charge is 0.311 e. The molecule has 23 heavy (non-hydrogen) atoms. The van der Waals surface area contributed by atoms with Crippen LogP contribution in [0.4, 0.5) is 0 Å². The van der Waals surface area contributed by atoms with Crippen LogP contribution in [-0.4, -0.2) is 36.3 Å². The van der Waals surface area contributed by atoms with Gasteiger partial charge in [-0.05, 0) is 32.4 Å². The van der Waals surface area contributed by atoms with Gasteiger partial charge in [0.05, 0.1) is 24.3 Å². The van der Waals surface area contributed by atoms with Crippen molar-refractivity contribution in [2.24, 2.45) is 17.0 Å². The number of fused-ring (bicyclic) bond motifs is 1. The van der Waals surface area contributed by atoms with Crippen LogP contribution in [0.1, 0.15) is 30.6 Å². The average Bonchev–Trinajstić information content (AvgIpc) is 3.09. The van der Waals surface area contributed by atoms with Gasteiger partial charge in [0.15, 0.2) is 6.10 Å². The highest BCUT2D eigenvalue weighted by Crippen LogP contribution is 2.39. The lowest BCUT2D eigenvalue weighted by Gasteiger charge is -2.23. The van der Waals surface area contributed by atoms with E-state index in [0.717, 1.165) is 5.71 Å². The molecule has 1 aromatic carbocycles. The van der Waals surface area contributed by atoms with Crippen LogP contribution in [0.2, 0.25) is 0 Å². The van der Waals surface area contributed by atoms with E-state index in [1.807, 2.05) is 13.0 Å². The summed E-state index contributed by atoms with van der Waals surface area (Å²) in [5.74, 6) is -0.885. The number of hydrogen-bond acceptors (Lipinski definition) is 5. The lowest BCUT2D eigenvalue weighted by Crippen LogP contribution is -2.47. The lowest BCUT2D eigenvalue weighted by atomic mass is 10.0. The van der Waals surface area contributed by atoms with Crippen molar-refractivity contribution in [2.75, 3.05) is 6.61 Å². The van der Waals surface area contributed by atoms with Crippen LogP contribution in [-0.2, 0) is 14.4 Å². The molecule has 0 spiro atoms. The second-order valence-corrected chi connectivity index (χ2v) is 5.87. The monoisotopic (exact) mass is 316 g/mol. The molecule has 4 atom stereocenters. The Labute approximate surface area is 134 Å². The van der Waals surface area contributed by atoms with E-state index < -0.39 is 12.0 Å². The van der Waals surface area contributed by atoms with E-state index in [9.17, 15) is 9.59 Å². The first-order valence-corrected chi connectivity index (χ1v) is 7.84. The fourth-order valence-corrected chi connectivity index (χ4v) is 3.29. The largest absolute Gasteiger partial charge is 0.466 e. The number of carbonyl (C=O) groups excluding carboxylic acids is 2. The van der Waals surface area contributed by atoms with Crippen LogP contribution in [0, 0.1) is 11.8 Å². The summed E-state index contributed by atoms with van der Waals surface area (Å²) in [5.41, 5.74) is 1.41. The van der Waals surface area contributed by atoms with Crippen molar-refractivity contribution >= 4 is 17.6 Å². The maximum Gasteiger partial charge on any atom is 0.311 e. The van der Waals surface area contributed by atoms with Gasteiger partial charge in [-0.1, -0.05) is 23.4 Å². The molecule has 1 heterocycles. The molecule has 0 saturated heterocycles. The fourth-order valence-electron chi connectivity index (χ4n) is 3.29. The minimum absolute atomic E-state index is 0.0467. The SMILES string of the molecule is CCOC(=O)[C@H]1C[C@H]2C(C)=NO[C@H]2[C@@H]1NC(=O)c1ccccc1. The highest BCUT2D eigenvalue weighted by Gasteiger charge is 2.53. The predicted octanol–water partition coefficient (Wildman–Crippen LogP) is 1.76. The number of ether oxygens (including phenoxy) is 1. The molecule has 0 unspecified atom stereocenters. The molecule has 3 rings (SSSR count). The van der Waals surface area contributed by atoms with Crippen LogP contribution in [0.15, 0.2) is 35.5 Å². The third-order valence-corrected chi connectivity index (χ3v) is 4.47. The molecule has 6 heteroatoms. The third-order valence-electron chi connectivity index (χ3n) is 4.47. The van der Waals surface area contributed by atoms with Crippen molar-refractivity contribution in [3.8, 4) is 0 Å². The first-order valence-electron chi connectivity index (χ1n) is 7.84. The van der Waals surface area contributed by atoms with Gasteiger partial charge in [0.1, 0.15) is 0 Å². The summed E-state index contributed by atoms with van der Waals surface area (Å²) in [7, 11) is 0. The number of hydrogen-bond donors (Lipinski definition) is 1. The van der Waals surface area contributed by atoms with Crippen molar-refractivity contribution in [2.45, 2.75) is 32.4 Å². The van der Waals surface area contributed by atoms with E-state index >= 15 is 0 Å². The van der Waals surface area contributed by atoms with Crippen molar-refractivity contribution < 1.29 is 19.2 Å². The zero-order valence-corrected chi connectivity index (χ0v) is 13.2. The van der Waals surface area contributed by atoms with E-state index in [1.165, 1.54) is 0 Å². The van der Waals surface area contributed by atoms with Crippen LogP contribution in [0.5, 0.6) is 0 Å². The first-order chi connectivity index (χ1) is 11.1. The van der Waals surface area contributed by atoms with E-state index in [4.69, 9.17) is 9.57 Å². The Balaban J connectivity index is 1.79. The van der Waals surface area contributed by atoms with Gasteiger partial charge in [-0.15, -0.1) is 0 Å². The number of esters is 1. The Morgan fingerprint density at radius 2 is 2.09 bits per heavy atom. The number of nitrogens with zero attached hydrogens (tertiary/aromatic N) is 1. The zero-order chi connectivity index (χ0) is 16.4. The van der Waals surface area contributed by atoms with Crippen LogP contribution < -0.4 is 5.32 Å². The second kappa shape index (κ2) is 6.40. The third kappa shape index (κ3) is 2.93. The number of rotatable bonds is 4. The summed E-state index contributed by atoms with van der Waals surface area (Å²) >= 11 is 0. The van der Waals surface area contributed by atoms with Gasteiger partial charge in [-0.2, -0.15) is 0 Å². The van der Waals surface area contributed by atoms with Gasteiger partial charge in [0, 0.05) is 11.5 Å². The van der Waals surface area contributed by atoms with Crippen molar-refractivity contribution in [3.63, 3.8) is 0 Å². The Hall–Kier alpha value is -2.37. The highest BCUT2D eigenvalue weighted by molar-refractivity contribution is 5.95. The van der Waals surface area contributed by atoms with Gasteiger partial charge in [0.2, 0.25) is 0 Å². The number of oxime groups is 1. The molecule has 1 fully saturated rings. The molecular formula is C17H20N2O4. The maximum atomic E-state index is 12.4. The lowest BCUT2D eigenvalue weighted by molar-refractivity contribution is -0.149. The first kappa shape index (κ1) is 15.5. The zero-order valence-electron chi connectivity index (χ0n) is 13.2. The normalized spacial score (nSPS) is 28.5. The number of carbonyl (C=O) groups is 2. The fraction of sp³-hybridized carbons (Fsp3) is 0.471. The summed E-state index contributed by atoms with van der Waals surface area (Å²) in [4.78, 5) is 30.1. The molecule has 0 bridgehead atoms. The van der Waals surface area contributed by atoms with E-state index in [-0.39, 0.29) is 23.9 Å². The highest BCUT2D eigenvalue weighted by atomic mass is 16.6. The number of amides is 1. The summed E-state index contributed by atoms with van der Waals surface area (Å²) in [6.45, 7) is 3.97. The maximum absolute atomic E-state index is 12.4. The topological polar surface area (TPSA) is 77.0 Å². The van der Waals surface area contributed by atoms with E-state index in [1.54, 1.807) is 31.2 Å². The second-order valence-electron chi connectivity index (χ2n) is 5.87. The molecule has 0 aromatic heterocycles. The van der Waals surface area contributed by atoms with Crippen molar-refractivity contribution in [1.82, 2.24) is 5.32 Å². The summed E-state index contributed by atoms with van der Waals surface area (Å²) < 4.78 is 5.16. The Morgan fingerprint density at radius 1 is 1.35 bits per heavy atom. The Morgan fingerprint density at radius 3 is 2.78 bits per heavy atom. The van der Waals surface area contributed by atoms with E-state index in [0.29, 0.717) is 18.6 Å². The minimum Gasteiger partial charge on any atom is -0.466 e. The molecule has 0 radical (unpaired) electrons. The van der Waals surface area contributed by atoms with Crippen LogP contribution in [0.25, 0.3) is 0 Å². The van der Waals surface area contributed by atoms with Gasteiger partial charge in [0.25, 0.3) is 5.91 Å². The molecule has 2 aliphatic rings. The summed E-state index contributed by atoms with van der Waals surface area (Å²) in [6, 6.07) is 8.48. The molecule has 122 valence electrons. The number of benzene rings is 1. The molecular weight excluding hydrogens is 296 g/mol. The van der Waals surface area contributed by atoms with Crippen molar-refractivity contribution in [3.05, 3.63) is 35.9 Å². The number of nitrogens with one attached hydrogen (secondary N) is 1. The van der Waals surface area contributed by atoms with E-state index in [2.05, 4.69) is 10.5 Å². The van der Waals surface area contributed by atoms with Gasteiger partial charge in [-0.3, -0.25) is 9.59 Å². The van der Waals surface area contributed by atoms with Gasteiger partial charge in [-0.25, -0.2) is 0 Å². The van der Waals surface area contributed by atoms with Gasteiger partial charge >= 0.3 is 5.97 Å². The minimum atomic E-state index is -0.437. The molecule has 1 aliphatic heterocycles. The Kier molecular flexibility index (Phi) is 4.32. The molecule has 1 aromatic rings. The quantitative estimate of drug-likeness (QED) is 0.859. The molecule has 1 aliphatic carbocycles. The molecule has 1 saturated carbocycles. The van der Waals surface area contributed by atoms with Crippen molar-refractivity contribution in [1.29, 1.82) is 0 Å². The summed E-state index contributed by atoms with van der Waals surface area (Å²) in [5, 5.41) is 6.94. The molecule has 1 amide bonds. The molecule has 1 N–H and O–H groups in total. The summed E-state index contributed by atoms with van der Waals surface area (Å²) in [6.07, 6.45) is 0.274. The average molecular weight is 316 g/mol. The predicted molar refractivity (Wildman–Crippen MR) is 83.9 cm³/mol. The van der Waals surface area contributed by atoms with Crippen LogP contribution in [0.3, 0.4) is 0 Å².